The van der Waals surface area contributed by atoms with Crippen LogP contribution in [0.25, 0.3) is 5.65 Å². The van der Waals surface area contributed by atoms with Crippen molar-refractivity contribution in [3.63, 3.8) is 0 Å². The highest BCUT2D eigenvalue weighted by atomic mass is 79.9. The van der Waals surface area contributed by atoms with Crippen LogP contribution in [0.5, 0.6) is 0 Å². The Morgan fingerprint density at radius 1 is 1.33 bits per heavy atom. The monoisotopic (exact) mass is 340 g/mol. The number of nitrogens with zero attached hydrogens (tertiary/aromatic N) is 2. The first-order valence-electron chi connectivity index (χ1n) is 5.27. The van der Waals surface area contributed by atoms with Gasteiger partial charge in [-0.1, -0.05) is 13.8 Å². The Hall–Kier alpha value is -0.690. The summed E-state index contributed by atoms with van der Waals surface area (Å²) in [5.41, 5.74) is -3.44. The van der Waals surface area contributed by atoms with Gasteiger partial charge in [0.25, 0.3) is 0 Å². The molecule has 0 saturated carbocycles. The van der Waals surface area contributed by atoms with Crippen molar-refractivity contribution in [2.24, 2.45) is 0 Å². The minimum atomic E-state index is -4.30. The number of thioether (sulfide) groups is 1. The zero-order valence-corrected chi connectivity index (χ0v) is 12.4. The highest BCUT2D eigenvalue weighted by molar-refractivity contribution is 9.10. The van der Waals surface area contributed by atoms with E-state index < -0.39 is 5.51 Å². The number of imidazole rings is 1. The lowest BCUT2D eigenvalue weighted by atomic mass is 10.5. The maximum absolute atomic E-state index is 12.3. The van der Waals surface area contributed by atoms with Gasteiger partial charge in [-0.2, -0.15) is 13.2 Å². The van der Waals surface area contributed by atoms with Crippen LogP contribution < -0.4 is 0 Å². The first-order valence-corrected chi connectivity index (χ1v) is 6.88. The van der Waals surface area contributed by atoms with Gasteiger partial charge in [0.1, 0.15) is 5.03 Å². The van der Waals surface area contributed by atoms with Crippen LogP contribution in [0.15, 0.2) is 27.8 Å². The van der Waals surface area contributed by atoms with Gasteiger partial charge in [0, 0.05) is 18.0 Å². The summed E-state index contributed by atoms with van der Waals surface area (Å²) in [4.78, 5) is 4.09. The molecule has 0 spiro atoms. The van der Waals surface area contributed by atoms with Gasteiger partial charge in [-0.25, -0.2) is 4.98 Å². The van der Waals surface area contributed by atoms with Crippen LogP contribution in [0.2, 0.25) is 0 Å². The Morgan fingerprint density at radius 3 is 2.50 bits per heavy atom. The quantitative estimate of drug-likeness (QED) is 0.676. The molecule has 0 N–H and O–H groups in total. The molecule has 0 bridgehead atoms. The van der Waals surface area contributed by atoms with E-state index in [0.717, 1.165) is 0 Å². The molecular weight excluding hydrogens is 329 g/mol. The van der Waals surface area contributed by atoms with E-state index in [0.29, 0.717) is 15.8 Å². The van der Waals surface area contributed by atoms with Crippen molar-refractivity contribution in [1.82, 2.24) is 9.38 Å². The molecule has 2 aromatic heterocycles. The van der Waals surface area contributed by atoms with Gasteiger partial charge >= 0.3 is 5.51 Å². The zero-order valence-electron chi connectivity index (χ0n) is 10.0. The van der Waals surface area contributed by atoms with Crippen molar-refractivity contribution in [1.29, 1.82) is 0 Å². The summed E-state index contributed by atoms with van der Waals surface area (Å²) >= 11 is 3.10. The molecule has 0 amide bonds. The second-order valence-electron chi connectivity index (χ2n) is 3.10. The lowest BCUT2D eigenvalue weighted by molar-refractivity contribution is -0.0330. The van der Waals surface area contributed by atoms with Gasteiger partial charge in [-0.05, 0) is 35.0 Å². The zero-order chi connectivity index (χ0) is 13.9. The molecule has 0 aromatic carbocycles. The van der Waals surface area contributed by atoms with Gasteiger partial charge in [0.2, 0.25) is 0 Å². The molecule has 18 heavy (non-hydrogen) atoms. The molecule has 2 aromatic rings. The molecule has 2 nitrogen and oxygen atoms in total. The smallest absolute Gasteiger partial charge is 0.293 e. The van der Waals surface area contributed by atoms with E-state index in [4.69, 9.17) is 0 Å². The Balaban J connectivity index is 0.000000771. The summed E-state index contributed by atoms with van der Waals surface area (Å²) < 4.78 is 39.1. The van der Waals surface area contributed by atoms with Gasteiger partial charge < -0.3 is 0 Å². The van der Waals surface area contributed by atoms with E-state index in [1.165, 1.54) is 4.40 Å². The molecule has 0 aliphatic heterocycles. The molecular formula is C11H12BrF3N2S. The van der Waals surface area contributed by atoms with Gasteiger partial charge in [-0.15, -0.1) is 0 Å². The van der Waals surface area contributed by atoms with Gasteiger partial charge in [-0.3, -0.25) is 4.40 Å². The number of fused-ring (bicyclic) bond motifs is 1. The Kier molecular flexibility index (Phi) is 5.10. The average Bonchev–Trinajstić information content (AvgIpc) is 2.59. The Morgan fingerprint density at radius 2 is 1.94 bits per heavy atom. The van der Waals surface area contributed by atoms with Crippen LogP contribution in [-0.4, -0.2) is 14.9 Å². The highest BCUT2D eigenvalue weighted by Crippen LogP contribution is 2.39. The molecule has 0 aliphatic carbocycles. The van der Waals surface area contributed by atoms with Crippen molar-refractivity contribution in [2.45, 2.75) is 31.3 Å². The fourth-order valence-electron chi connectivity index (χ4n) is 1.36. The highest BCUT2D eigenvalue weighted by Gasteiger charge is 2.32. The number of pyridine rings is 1. The topological polar surface area (TPSA) is 17.3 Å². The summed E-state index contributed by atoms with van der Waals surface area (Å²) in [5, 5.41) is 0.101. The number of hydrogen-bond donors (Lipinski definition) is 0. The average molecular weight is 341 g/mol. The minimum Gasteiger partial charge on any atom is -0.293 e. The maximum Gasteiger partial charge on any atom is 0.447 e. The SMILES string of the molecule is CC.Cc1nc2c(Br)cccn2c1SC(F)(F)F. The molecule has 100 valence electrons. The van der Waals surface area contributed by atoms with Crippen LogP contribution in [0.4, 0.5) is 13.2 Å². The first kappa shape index (κ1) is 15.4. The third-order valence-corrected chi connectivity index (χ3v) is 3.47. The normalized spacial score (nSPS) is 11.3. The fourth-order valence-corrected chi connectivity index (χ4v) is 2.45. The van der Waals surface area contributed by atoms with Gasteiger partial charge in [0.05, 0.1) is 10.2 Å². The molecule has 2 heterocycles. The lowest BCUT2D eigenvalue weighted by Gasteiger charge is -2.06. The minimum absolute atomic E-state index is 0.101. The van der Waals surface area contributed by atoms with Crippen molar-refractivity contribution < 1.29 is 13.2 Å². The molecule has 0 atom stereocenters. The van der Waals surface area contributed by atoms with Crippen LogP contribution in [-0.2, 0) is 0 Å². The third-order valence-electron chi connectivity index (χ3n) is 1.93. The number of alkyl halides is 3. The van der Waals surface area contributed by atoms with Crippen molar-refractivity contribution in [3.05, 3.63) is 28.5 Å². The Labute approximate surface area is 116 Å². The lowest BCUT2D eigenvalue weighted by Crippen LogP contribution is -2.01. The largest absolute Gasteiger partial charge is 0.447 e. The summed E-state index contributed by atoms with van der Waals surface area (Å²) in [5.74, 6) is 0. The predicted molar refractivity (Wildman–Crippen MR) is 70.9 cm³/mol. The van der Waals surface area contributed by atoms with Crippen LogP contribution in [0, 0.1) is 6.92 Å². The second-order valence-corrected chi connectivity index (χ2v) is 5.01. The molecule has 0 saturated heterocycles. The predicted octanol–water partition coefficient (Wildman–Crippen LogP) is 5.04. The number of hydrogen-bond acceptors (Lipinski definition) is 2. The van der Waals surface area contributed by atoms with E-state index in [1.807, 2.05) is 13.8 Å². The van der Waals surface area contributed by atoms with E-state index in [-0.39, 0.29) is 16.8 Å². The maximum atomic E-state index is 12.3. The standard InChI is InChI=1S/C9H6BrF3N2S.C2H6/c1-5-8(16-9(11,12)13)15-4-2-3-6(10)7(15)14-5;1-2/h2-4H,1H3;1-2H3. The Bertz CT molecular complexity index is 537. The van der Waals surface area contributed by atoms with E-state index in [9.17, 15) is 13.2 Å². The number of aromatic nitrogens is 2. The van der Waals surface area contributed by atoms with E-state index >= 15 is 0 Å². The summed E-state index contributed by atoms with van der Waals surface area (Å²) in [6, 6.07) is 3.41. The van der Waals surface area contributed by atoms with Crippen LogP contribution in [0.1, 0.15) is 19.5 Å². The number of aryl methyl sites for hydroxylation is 1. The summed E-state index contributed by atoms with van der Waals surface area (Å²) in [6.07, 6.45) is 1.56. The van der Waals surface area contributed by atoms with Crippen LogP contribution >= 0.6 is 27.7 Å². The molecule has 0 aliphatic rings. The van der Waals surface area contributed by atoms with Gasteiger partial charge in [0.15, 0.2) is 5.65 Å². The fraction of sp³-hybridized carbons (Fsp3) is 0.364. The molecule has 7 heteroatoms. The van der Waals surface area contributed by atoms with E-state index in [1.54, 1.807) is 25.3 Å². The number of halogens is 4. The first-order chi connectivity index (χ1) is 8.38. The van der Waals surface area contributed by atoms with Crippen molar-refractivity contribution >= 4 is 33.3 Å². The van der Waals surface area contributed by atoms with E-state index in [2.05, 4.69) is 20.9 Å². The third kappa shape index (κ3) is 3.41. The molecule has 2 rings (SSSR count). The molecule has 0 unspecified atom stereocenters. The summed E-state index contributed by atoms with van der Waals surface area (Å²) in [6.45, 7) is 5.56. The molecule has 0 fully saturated rings. The van der Waals surface area contributed by atoms with Crippen molar-refractivity contribution in [2.75, 3.05) is 0 Å². The summed E-state index contributed by atoms with van der Waals surface area (Å²) in [7, 11) is 0. The second kappa shape index (κ2) is 5.97. The number of rotatable bonds is 1. The van der Waals surface area contributed by atoms with Crippen molar-refractivity contribution in [3.8, 4) is 0 Å². The molecule has 0 radical (unpaired) electrons. The van der Waals surface area contributed by atoms with Crippen LogP contribution in [0.3, 0.4) is 0 Å².